The van der Waals surface area contributed by atoms with Gasteiger partial charge >= 0.3 is 5.97 Å². The molecule has 6 nitrogen and oxygen atoms in total. The predicted octanol–water partition coefficient (Wildman–Crippen LogP) is 3.81. The highest BCUT2D eigenvalue weighted by molar-refractivity contribution is 7.92. The van der Waals surface area contributed by atoms with Crippen molar-refractivity contribution in [2.75, 3.05) is 7.11 Å². The zero-order valence-electron chi connectivity index (χ0n) is 16.7. The van der Waals surface area contributed by atoms with Crippen LogP contribution in [0.25, 0.3) is 6.08 Å². The van der Waals surface area contributed by atoms with Crippen LogP contribution in [-0.4, -0.2) is 32.6 Å². The van der Waals surface area contributed by atoms with Crippen molar-refractivity contribution in [3.63, 3.8) is 0 Å². The van der Waals surface area contributed by atoms with Crippen molar-refractivity contribution in [3.05, 3.63) is 47.4 Å². The number of methoxy groups -OCH3 is 1. The summed E-state index contributed by atoms with van der Waals surface area (Å²) < 4.78 is 33.0. The topological polar surface area (TPSA) is 92.7 Å². The van der Waals surface area contributed by atoms with Gasteiger partial charge in [0.05, 0.1) is 7.11 Å². The monoisotopic (exact) mass is 419 g/mol. The summed E-state index contributed by atoms with van der Waals surface area (Å²) >= 11 is 0. The van der Waals surface area contributed by atoms with Crippen LogP contribution in [0.2, 0.25) is 0 Å². The van der Waals surface area contributed by atoms with Gasteiger partial charge in [0.1, 0.15) is 5.75 Å². The number of fused-ring (bicyclic) bond motifs is 2. The molecular weight excluding hydrogens is 390 g/mol. The van der Waals surface area contributed by atoms with E-state index in [1.165, 1.54) is 5.41 Å². The fourth-order valence-corrected chi connectivity index (χ4v) is 5.64. The molecule has 1 aromatic rings. The summed E-state index contributed by atoms with van der Waals surface area (Å²) in [4.78, 5) is 10.6. The molecule has 3 rings (SSSR count). The Bertz CT molecular complexity index is 860. The lowest BCUT2D eigenvalue weighted by molar-refractivity contribution is -0.137. The molecule has 0 heterocycles. The molecule has 2 saturated carbocycles. The fourth-order valence-electron chi connectivity index (χ4n) is 4.54. The van der Waals surface area contributed by atoms with Crippen molar-refractivity contribution in [3.8, 4) is 5.75 Å². The lowest BCUT2D eigenvalue weighted by Gasteiger charge is -2.27. The highest BCUT2D eigenvalue weighted by Crippen LogP contribution is 2.49. The van der Waals surface area contributed by atoms with E-state index in [2.05, 4.69) is 16.9 Å². The molecule has 4 atom stereocenters. The number of benzene rings is 1. The molecule has 0 aliphatic heterocycles. The highest BCUT2D eigenvalue weighted by atomic mass is 32.2. The average Bonchev–Trinajstić information content (AvgIpc) is 3.26. The fraction of sp³-hybridized carbons (Fsp3) is 0.500. The van der Waals surface area contributed by atoms with Crippen LogP contribution in [0, 0.1) is 17.8 Å². The minimum Gasteiger partial charge on any atom is -0.497 e. The number of hydrogen-bond acceptors (Lipinski definition) is 4. The molecule has 158 valence electrons. The average molecular weight is 420 g/mol. The normalized spacial score (nSPS) is 26.5. The molecule has 2 fully saturated rings. The molecule has 0 saturated heterocycles. The Kier molecular flexibility index (Phi) is 7.14. The van der Waals surface area contributed by atoms with E-state index in [0.29, 0.717) is 24.2 Å². The molecule has 4 unspecified atom stereocenters. The maximum atomic E-state index is 12.5. The van der Waals surface area contributed by atoms with Crippen molar-refractivity contribution >= 4 is 22.1 Å². The van der Waals surface area contributed by atoms with Crippen LogP contribution in [0.4, 0.5) is 0 Å². The Hall–Kier alpha value is -2.12. The number of aliphatic carboxylic acids is 1. The zero-order chi connectivity index (χ0) is 20.9. The van der Waals surface area contributed by atoms with Crippen molar-refractivity contribution < 1.29 is 23.1 Å². The van der Waals surface area contributed by atoms with Gasteiger partial charge in [-0.3, -0.25) is 4.79 Å². The number of ether oxygens (including phenoxy) is 1. The summed E-state index contributed by atoms with van der Waals surface area (Å²) in [5.74, 6) is 1.21. The zero-order valence-corrected chi connectivity index (χ0v) is 17.5. The Morgan fingerprint density at radius 3 is 2.66 bits per heavy atom. The molecule has 2 aliphatic carbocycles. The van der Waals surface area contributed by atoms with Crippen LogP contribution >= 0.6 is 0 Å². The van der Waals surface area contributed by atoms with Crippen molar-refractivity contribution in [2.45, 2.75) is 44.6 Å². The first-order valence-electron chi connectivity index (χ1n) is 10.1. The minimum atomic E-state index is -3.51. The maximum Gasteiger partial charge on any atom is 0.303 e. The standard InChI is InChI=1S/C22H29NO5S/c1-28-19-9-7-16(8-10-19)11-12-29(26,27)23-21-15-17-13-18(20(21)14-17)5-3-2-4-6-22(24)25/h3,5,7-12,17-18,20-21,23H,2,4,6,13-15H2,1H3,(H,24,25). The van der Waals surface area contributed by atoms with E-state index in [1.54, 1.807) is 25.3 Å². The number of carbonyl (C=O) groups is 1. The number of sulfonamides is 1. The third kappa shape index (κ3) is 6.18. The first-order valence-corrected chi connectivity index (χ1v) is 11.6. The van der Waals surface area contributed by atoms with Gasteiger partial charge in [-0.15, -0.1) is 0 Å². The molecule has 2 N–H and O–H groups in total. The summed E-state index contributed by atoms with van der Waals surface area (Å²) in [6, 6.07) is 7.18. The van der Waals surface area contributed by atoms with Crippen LogP contribution < -0.4 is 9.46 Å². The molecule has 0 aromatic heterocycles. The van der Waals surface area contributed by atoms with E-state index in [-0.39, 0.29) is 12.5 Å². The van der Waals surface area contributed by atoms with Gasteiger partial charge in [0, 0.05) is 17.9 Å². The van der Waals surface area contributed by atoms with E-state index in [0.717, 1.165) is 37.0 Å². The predicted molar refractivity (Wildman–Crippen MR) is 113 cm³/mol. The van der Waals surface area contributed by atoms with E-state index in [4.69, 9.17) is 9.84 Å². The van der Waals surface area contributed by atoms with Crippen LogP contribution in [0.3, 0.4) is 0 Å². The molecule has 0 amide bonds. The number of unbranched alkanes of at least 4 members (excludes halogenated alkanes) is 1. The first kappa shape index (κ1) is 21.6. The summed E-state index contributed by atoms with van der Waals surface area (Å²) in [5, 5.41) is 9.93. The van der Waals surface area contributed by atoms with Gasteiger partial charge in [-0.05, 0) is 73.6 Å². The lowest BCUT2D eigenvalue weighted by atomic mass is 9.85. The Balaban J connectivity index is 1.54. The minimum absolute atomic E-state index is 0.0343. The van der Waals surface area contributed by atoms with Gasteiger partial charge in [-0.1, -0.05) is 24.3 Å². The second-order valence-electron chi connectivity index (χ2n) is 7.96. The molecule has 2 aliphatic rings. The van der Waals surface area contributed by atoms with Crippen LogP contribution in [-0.2, 0) is 14.8 Å². The Morgan fingerprint density at radius 2 is 2.00 bits per heavy atom. The molecule has 2 bridgehead atoms. The third-order valence-corrected chi connectivity index (χ3v) is 7.01. The number of rotatable bonds is 10. The Labute approximate surface area is 172 Å². The number of hydrogen-bond donors (Lipinski definition) is 2. The lowest BCUT2D eigenvalue weighted by Crippen LogP contribution is -2.40. The number of carboxylic acid groups (broad SMARTS) is 1. The molecular formula is C22H29NO5S. The second-order valence-corrected chi connectivity index (χ2v) is 9.56. The van der Waals surface area contributed by atoms with E-state index in [1.807, 2.05) is 12.1 Å². The van der Waals surface area contributed by atoms with Gasteiger partial charge < -0.3 is 9.84 Å². The van der Waals surface area contributed by atoms with Gasteiger partial charge in [0.2, 0.25) is 10.0 Å². The van der Waals surface area contributed by atoms with E-state index >= 15 is 0 Å². The molecule has 1 aromatic carbocycles. The quantitative estimate of drug-likeness (QED) is 0.444. The molecule has 0 radical (unpaired) electrons. The van der Waals surface area contributed by atoms with Gasteiger partial charge in [-0.25, -0.2) is 13.1 Å². The van der Waals surface area contributed by atoms with Gasteiger partial charge in [0.15, 0.2) is 0 Å². The van der Waals surface area contributed by atoms with Crippen molar-refractivity contribution in [2.24, 2.45) is 17.8 Å². The van der Waals surface area contributed by atoms with Crippen molar-refractivity contribution in [1.29, 1.82) is 0 Å². The summed E-state index contributed by atoms with van der Waals surface area (Å²) in [7, 11) is -1.92. The smallest absolute Gasteiger partial charge is 0.303 e. The molecule has 0 spiro atoms. The number of nitrogens with one attached hydrogen (secondary N) is 1. The summed E-state index contributed by atoms with van der Waals surface area (Å²) in [6.45, 7) is 0. The molecule has 29 heavy (non-hydrogen) atoms. The summed E-state index contributed by atoms with van der Waals surface area (Å²) in [6.07, 6.45) is 10.4. The van der Waals surface area contributed by atoms with Crippen LogP contribution in [0.1, 0.15) is 44.1 Å². The third-order valence-electron chi connectivity index (χ3n) is 5.88. The first-order chi connectivity index (χ1) is 13.9. The number of allylic oxidation sites excluding steroid dienone is 2. The van der Waals surface area contributed by atoms with Crippen LogP contribution in [0.5, 0.6) is 5.75 Å². The van der Waals surface area contributed by atoms with Gasteiger partial charge in [0.25, 0.3) is 0 Å². The maximum absolute atomic E-state index is 12.5. The number of carboxylic acids is 1. The summed E-state index contributed by atoms with van der Waals surface area (Å²) in [5.41, 5.74) is 0.797. The van der Waals surface area contributed by atoms with E-state index < -0.39 is 16.0 Å². The Morgan fingerprint density at radius 1 is 1.24 bits per heavy atom. The van der Waals surface area contributed by atoms with Crippen LogP contribution in [0.15, 0.2) is 41.8 Å². The largest absolute Gasteiger partial charge is 0.497 e. The van der Waals surface area contributed by atoms with Gasteiger partial charge in [-0.2, -0.15) is 0 Å². The SMILES string of the molecule is COc1ccc(C=CS(=O)(=O)NC2CC3CC(C=CCCCC(=O)O)C2C3)cc1. The second kappa shape index (κ2) is 9.59. The highest BCUT2D eigenvalue weighted by Gasteiger charge is 2.46. The van der Waals surface area contributed by atoms with E-state index in [9.17, 15) is 13.2 Å². The van der Waals surface area contributed by atoms with Crippen molar-refractivity contribution in [1.82, 2.24) is 4.72 Å². The molecule has 7 heteroatoms.